The number of rotatable bonds is 5. The van der Waals surface area contributed by atoms with Crippen molar-refractivity contribution in [1.82, 2.24) is 5.06 Å². The third kappa shape index (κ3) is 3.12. The number of imide groups is 1. The highest BCUT2D eigenvalue weighted by Gasteiger charge is 2.57. The van der Waals surface area contributed by atoms with Crippen LogP contribution in [0.1, 0.15) is 6.42 Å². The van der Waals surface area contributed by atoms with Crippen LogP contribution in [-0.4, -0.2) is 32.8 Å². The fourth-order valence-corrected chi connectivity index (χ4v) is 2.31. The number of para-hydroxylation sites is 1. The average molecular weight is 344 g/mol. The average Bonchev–Trinajstić information content (AvgIpc) is 2.80. The van der Waals surface area contributed by atoms with Crippen molar-refractivity contribution in [3.8, 4) is 11.5 Å². The fraction of sp³-hybridized carbons (Fsp3) is 0.125. The SMILES string of the molecule is O=C1CC(Oc2ccccc2)(Oc2ccc([N+](=O)[O-])cc2)C(=O)N1O. The summed E-state index contributed by atoms with van der Waals surface area (Å²) in [6, 6.07) is 13.1. The first-order chi connectivity index (χ1) is 11.9. The standard InChI is InChI=1S/C16H12N2O7/c19-14-10-16(15(20)17(14)21,24-12-4-2-1-3-5-12)25-13-8-6-11(7-9-13)18(22)23/h1-9,21H,10H2. The second kappa shape index (κ2) is 6.21. The number of nitrogens with zero attached hydrogens (tertiary/aromatic N) is 2. The highest BCUT2D eigenvalue weighted by atomic mass is 16.7. The summed E-state index contributed by atoms with van der Waals surface area (Å²) in [7, 11) is 0. The van der Waals surface area contributed by atoms with Crippen LogP contribution in [0.2, 0.25) is 0 Å². The molecule has 1 heterocycles. The van der Waals surface area contributed by atoms with Gasteiger partial charge >= 0.3 is 11.7 Å². The first-order valence-electron chi connectivity index (χ1n) is 7.15. The number of carbonyl (C=O) groups is 2. The molecule has 1 unspecified atom stereocenters. The van der Waals surface area contributed by atoms with E-state index < -0.39 is 28.9 Å². The van der Waals surface area contributed by atoms with Gasteiger partial charge in [0.25, 0.3) is 11.6 Å². The van der Waals surface area contributed by atoms with E-state index in [2.05, 4.69) is 0 Å². The maximum Gasteiger partial charge on any atom is 0.344 e. The first kappa shape index (κ1) is 16.4. The van der Waals surface area contributed by atoms with Gasteiger partial charge in [0.05, 0.1) is 4.92 Å². The second-order valence-electron chi connectivity index (χ2n) is 5.21. The molecule has 2 aromatic carbocycles. The van der Waals surface area contributed by atoms with Crippen molar-refractivity contribution in [3.63, 3.8) is 0 Å². The third-order valence-electron chi connectivity index (χ3n) is 3.49. The molecule has 2 amide bonds. The lowest BCUT2D eigenvalue weighted by molar-refractivity contribution is -0.384. The van der Waals surface area contributed by atoms with Gasteiger partial charge in [-0.05, 0) is 24.3 Å². The molecule has 0 spiro atoms. The van der Waals surface area contributed by atoms with E-state index in [1.807, 2.05) is 0 Å². The number of nitro benzene ring substituents is 1. The summed E-state index contributed by atoms with van der Waals surface area (Å²) in [5.74, 6) is -3.75. The van der Waals surface area contributed by atoms with Gasteiger partial charge in [-0.2, -0.15) is 0 Å². The number of benzene rings is 2. The molecular formula is C16H12N2O7. The fourth-order valence-electron chi connectivity index (χ4n) is 2.31. The van der Waals surface area contributed by atoms with Crippen LogP contribution in [0.5, 0.6) is 11.5 Å². The number of hydroxylamine groups is 2. The first-order valence-corrected chi connectivity index (χ1v) is 7.15. The van der Waals surface area contributed by atoms with Crippen LogP contribution in [0, 0.1) is 10.1 Å². The molecule has 1 N–H and O–H groups in total. The van der Waals surface area contributed by atoms with Crippen LogP contribution < -0.4 is 9.47 Å². The van der Waals surface area contributed by atoms with E-state index in [-0.39, 0.29) is 22.2 Å². The number of carbonyl (C=O) groups excluding carboxylic acids is 2. The topological polar surface area (TPSA) is 119 Å². The number of ether oxygens (including phenoxy) is 2. The molecule has 0 bridgehead atoms. The van der Waals surface area contributed by atoms with E-state index in [4.69, 9.17) is 9.47 Å². The zero-order chi connectivity index (χ0) is 18.0. The summed E-state index contributed by atoms with van der Waals surface area (Å²) in [6.45, 7) is 0. The van der Waals surface area contributed by atoms with Gasteiger partial charge in [0.1, 0.15) is 17.9 Å². The van der Waals surface area contributed by atoms with Crippen LogP contribution in [0.15, 0.2) is 54.6 Å². The molecule has 1 saturated heterocycles. The van der Waals surface area contributed by atoms with E-state index in [1.165, 1.54) is 24.3 Å². The monoisotopic (exact) mass is 344 g/mol. The third-order valence-corrected chi connectivity index (χ3v) is 3.49. The zero-order valence-electron chi connectivity index (χ0n) is 12.7. The van der Waals surface area contributed by atoms with Gasteiger partial charge in [-0.3, -0.25) is 24.9 Å². The van der Waals surface area contributed by atoms with E-state index in [9.17, 15) is 24.9 Å². The number of hydrogen-bond acceptors (Lipinski definition) is 7. The Morgan fingerprint density at radius 2 is 1.56 bits per heavy atom. The summed E-state index contributed by atoms with van der Waals surface area (Å²) < 4.78 is 11.1. The number of amides is 2. The Kier molecular flexibility index (Phi) is 4.07. The maximum absolute atomic E-state index is 12.3. The lowest BCUT2D eigenvalue weighted by Crippen LogP contribution is -2.49. The summed E-state index contributed by atoms with van der Waals surface area (Å²) >= 11 is 0. The van der Waals surface area contributed by atoms with Crippen molar-refractivity contribution < 1.29 is 29.2 Å². The van der Waals surface area contributed by atoms with E-state index in [0.717, 1.165) is 0 Å². The van der Waals surface area contributed by atoms with Crippen LogP contribution in [0.25, 0.3) is 0 Å². The summed E-state index contributed by atoms with van der Waals surface area (Å²) in [6.07, 6.45) is -0.547. The minimum absolute atomic E-state index is 0.0612. The lowest BCUT2D eigenvalue weighted by Gasteiger charge is -2.27. The van der Waals surface area contributed by atoms with Crippen molar-refractivity contribution >= 4 is 17.5 Å². The molecule has 3 rings (SSSR count). The molecule has 1 aliphatic rings. The number of non-ortho nitro benzene ring substituents is 1. The molecule has 128 valence electrons. The zero-order valence-corrected chi connectivity index (χ0v) is 12.7. The largest absolute Gasteiger partial charge is 0.444 e. The van der Waals surface area contributed by atoms with E-state index in [0.29, 0.717) is 0 Å². The normalized spacial score (nSPS) is 19.8. The smallest absolute Gasteiger partial charge is 0.344 e. The van der Waals surface area contributed by atoms with Crippen molar-refractivity contribution in [2.24, 2.45) is 0 Å². The van der Waals surface area contributed by atoms with Gasteiger partial charge in [-0.25, -0.2) is 0 Å². The quantitative estimate of drug-likeness (QED) is 0.289. The lowest BCUT2D eigenvalue weighted by atomic mass is 10.2. The van der Waals surface area contributed by atoms with Crippen molar-refractivity contribution in [3.05, 3.63) is 64.7 Å². The molecule has 0 aliphatic carbocycles. The predicted octanol–water partition coefficient (Wildman–Crippen LogP) is 1.90. The Balaban J connectivity index is 1.93. The summed E-state index contributed by atoms with van der Waals surface area (Å²) in [4.78, 5) is 34.2. The summed E-state index contributed by atoms with van der Waals surface area (Å²) in [5.41, 5.74) is -0.164. The minimum Gasteiger partial charge on any atom is -0.444 e. The van der Waals surface area contributed by atoms with Crippen molar-refractivity contribution in [2.75, 3.05) is 0 Å². The van der Waals surface area contributed by atoms with Crippen molar-refractivity contribution in [2.45, 2.75) is 12.2 Å². The summed E-state index contributed by atoms with van der Waals surface area (Å²) in [5, 5.41) is 20.2. The van der Waals surface area contributed by atoms with Gasteiger partial charge in [0.15, 0.2) is 0 Å². The van der Waals surface area contributed by atoms with E-state index >= 15 is 0 Å². The number of nitro groups is 1. The molecular weight excluding hydrogens is 332 g/mol. The highest BCUT2D eigenvalue weighted by Crippen LogP contribution is 2.32. The van der Waals surface area contributed by atoms with E-state index in [1.54, 1.807) is 30.3 Å². The molecule has 1 fully saturated rings. The Morgan fingerprint density at radius 3 is 2.04 bits per heavy atom. The van der Waals surface area contributed by atoms with Gasteiger partial charge in [0.2, 0.25) is 0 Å². The molecule has 0 saturated carbocycles. The molecule has 9 heteroatoms. The molecule has 0 aromatic heterocycles. The van der Waals surface area contributed by atoms with Gasteiger partial charge in [-0.15, -0.1) is 5.06 Å². The van der Waals surface area contributed by atoms with Gasteiger partial charge in [0, 0.05) is 12.1 Å². The molecule has 0 radical (unpaired) electrons. The van der Waals surface area contributed by atoms with Crippen LogP contribution in [0.4, 0.5) is 5.69 Å². The Morgan fingerprint density at radius 1 is 1.00 bits per heavy atom. The highest BCUT2D eigenvalue weighted by molar-refractivity contribution is 6.05. The molecule has 1 atom stereocenters. The van der Waals surface area contributed by atoms with Crippen LogP contribution in [0.3, 0.4) is 0 Å². The maximum atomic E-state index is 12.3. The Bertz CT molecular complexity index is 822. The van der Waals surface area contributed by atoms with Gasteiger partial charge < -0.3 is 9.47 Å². The molecule has 25 heavy (non-hydrogen) atoms. The molecule has 2 aromatic rings. The second-order valence-corrected chi connectivity index (χ2v) is 5.21. The molecule has 1 aliphatic heterocycles. The molecule has 9 nitrogen and oxygen atoms in total. The van der Waals surface area contributed by atoms with Crippen molar-refractivity contribution in [1.29, 1.82) is 0 Å². The van der Waals surface area contributed by atoms with Crippen LogP contribution in [-0.2, 0) is 9.59 Å². The van der Waals surface area contributed by atoms with Gasteiger partial charge in [-0.1, -0.05) is 18.2 Å². The predicted molar refractivity (Wildman–Crippen MR) is 81.8 cm³/mol. The minimum atomic E-state index is -2.09. The Labute approximate surface area is 141 Å². The Hall–Kier alpha value is -3.46. The van der Waals surface area contributed by atoms with Crippen LogP contribution >= 0.6 is 0 Å². The number of hydrogen-bond donors (Lipinski definition) is 1.